The van der Waals surface area contributed by atoms with Gasteiger partial charge in [-0.2, -0.15) is 0 Å². The van der Waals surface area contributed by atoms with Gasteiger partial charge in [0.05, 0.1) is 16.4 Å². The highest BCUT2D eigenvalue weighted by molar-refractivity contribution is 7.99. The second-order valence-electron chi connectivity index (χ2n) is 6.82. The highest BCUT2D eigenvalue weighted by Gasteiger charge is 2.17. The fraction of sp³-hybridized carbons (Fsp3) is 0.182. The summed E-state index contributed by atoms with van der Waals surface area (Å²) in [6.45, 7) is 3.72. The summed E-state index contributed by atoms with van der Waals surface area (Å²) in [6, 6.07) is 13.5. The fourth-order valence-corrected chi connectivity index (χ4v) is 4.73. The number of benzene rings is 1. The summed E-state index contributed by atoms with van der Waals surface area (Å²) in [7, 11) is 0. The number of nitrogens with one attached hydrogen (secondary N) is 2. The summed E-state index contributed by atoms with van der Waals surface area (Å²) in [5, 5.41) is 5.09. The first-order chi connectivity index (χ1) is 14.5. The van der Waals surface area contributed by atoms with Gasteiger partial charge in [0.15, 0.2) is 0 Å². The van der Waals surface area contributed by atoms with Gasteiger partial charge >= 0.3 is 0 Å². The van der Waals surface area contributed by atoms with Crippen molar-refractivity contribution in [3.63, 3.8) is 0 Å². The van der Waals surface area contributed by atoms with Crippen molar-refractivity contribution in [2.24, 2.45) is 0 Å². The highest BCUT2D eigenvalue weighted by Crippen LogP contribution is 2.30. The van der Waals surface area contributed by atoms with Crippen LogP contribution in [0.3, 0.4) is 0 Å². The molecule has 1 atom stereocenters. The SMILES string of the molecule is Cc1cccnc1NC(=O)C(C)SCc1nc2scc(-c3ccccc3)c2c(=O)[nH]1. The lowest BCUT2D eigenvalue weighted by molar-refractivity contribution is -0.115. The number of hydrogen-bond donors (Lipinski definition) is 2. The van der Waals surface area contributed by atoms with Crippen LogP contribution in [-0.4, -0.2) is 26.1 Å². The second kappa shape index (κ2) is 8.81. The van der Waals surface area contributed by atoms with Crippen LogP contribution in [0.5, 0.6) is 0 Å². The molecule has 0 aliphatic carbocycles. The van der Waals surface area contributed by atoms with E-state index in [2.05, 4.69) is 20.3 Å². The minimum absolute atomic E-state index is 0.132. The molecule has 0 saturated heterocycles. The number of pyridine rings is 1. The third kappa shape index (κ3) is 4.29. The van der Waals surface area contributed by atoms with Gasteiger partial charge in [0.1, 0.15) is 16.5 Å². The summed E-state index contributed by atoms with van der Waals surface area (Å²) < 4.78 is 0. The molecule has 0 aliphatic heterocycles. The molecule has 0 saturated carbocycles. The monoisotopic (exact) mass is 436 g/mol. The number of anilines is 1. The van der Waals surface area contributed by atoms with Crippen LogP contribution in [0.4, 0.5) is 5.82 Å². The molecule has 1 amide bonds. The number of hydrogen-bond acceptors (Lipinski definition) is 6. The Kier molecular flexibility index (Phi) is 5.96. The van der Waals surface area contributed by atoms with Crippen LogP contribution in [0.15, 0.2) is 58.8 Å². The van der Waals surface area contributed by atoms with E-state index in [0.717, 1.165) is 16.7 Å². The first-order valence-corrected chi connectivity index (χ1v) is 11.4. The van der Waals surface area contributed by atoms with E-state index in [4.69, 9.17) is 0 Å². The predicted molar refractivity (Wildman–Crippen MR) is 124 cm³/mol. The van der Waals surface area contributed by atoms with Crippen LogP contribution >= 0.6 is 23.1 Å². The number of H-pyrrole nitrogens is 1. The Bertz CT molecular complexity index is 1250. The van der Waals surface area contributed by atoms with Crippen molar-refractivity contribution < 1.29 is 4.79 Å². The topological polar surface area (TPSA) is 87.7 Å². The summed E-state index contributed by atoms with van der Waals surface area (Å²) in [5.74, 6) is 1.43. The van der Waals surface area contributed by atoms with Gasteiger partial charge in [-0.25, -0.2) is 9.97 Å². The van der Waals surface area contributed by atoms with E-state index < -0.39 is 0 Å². The number of carbonyl (C=O) groups is 1. The largest absolute Gasteiger partial charge is 0.310 e. The number of aromatic nitrogens is 3. The number of aryl methyl sites for hydroxylation is 1. The minimum atomic E-state index is -0.323. The van der Waals surface area contributed by atoms with Crippen molar-refractivity contribution in [2.75, 3.05) is 5.32 Å². The first-order valence-electron chi connectivity index (χ1n) is 9.43. The van der Waals surface area contributed by atoms with Crippen molar-refractivity contribution in [1.82, 2.24) is 15.0 Å². The van der Waals surface area contributed by atoms with Gasteiger partial charge in [-0.3, -0.25) is 9.59 Å². The summed E-state index contributed by atoms with van der Waals surface area (Å²) in [6.07, 6.45) is 1.65. The standard InChI is InChI=1S/C22H20N4O2S2/c1-13-7-6-10-23-19(13)26-20(27)14(2)29-12-17-24-21(28)18-16(11-30-22(18)25-17)15-8-4-3-5-9-15/h3-11,14H,12H2,1-2H3,(H,23,26,27)(H,24,25,28). The molecule has 0 radical (unpaired) electrons. The van der Waals surface area contributed by atoms with Crippen LogP contribution in [0.2, 0.25) is 0 Å². The Morgan fingerprint density at radius 3 is 2.80 bits per heavy atom. The van der Waals surface area contributed by atoms with Gasteiger partial charge in [0.25, 0.3) is 5.56 Å². The normalized spacial score (nSPS) is 12.1. The quantitative estimate of drug-likeness (QED) is 0.461. The molecule has 152 valence electrons. The fourth-order valence-electron chi connectivity index (χ4n) is 3.01. The molecule has 8 heteroatoms. The van der Waals surface area contributed by atoms with Gasteiger partial charge in [-0.05, 0) is 31.0 Å². The van der Waals surface area contributed by atoms with Gasteiger partial charge in [0.2, 0.25) is 5.91 Å². The molecule has 4 rings (SSSR count). The Labute approximate surface area is 181 Å². The van der Waals surface area contributed by atoms with E-state index in [0.29, 0.717) is 27.6 Å². The average molecular weight is 437 g/mol. The minimum Gasteiger partial charge on any atom is -0.310 e. The van der Waals surface area contributed by atoms with Gasteiger partial charge < -0.3 is 10.3 Å². The van der Waals surface area contributed by atoms with Crippen LogP contribution in [0.25, 0.3) is 21.3 Å². The maximum absolute atomic E-state index is 12.7. The zero-order valence-corrected chi connectivity index (χ0v) is 18.1. The van der Waals surface area contributed by atoms with Crippen molar-refractivity contribution in [1.29, 1.82) is 0 Å². The molecule has 4 aromatic rings. The van der Waals surface area contributed by atoms with Crippen molar-refractivity contribution in [3.05, 3.63) is 75.8 Å². The summed E-state index contributed by atoms with van der Waals surface area (Å²) >= 11 is 2.87. The Morgan fingerprint density at radius 1 is 1.23 bits per heavy atom. The lowest BCUT2D eigenvalue weighted by atomic mass is 10.1. The summed E-state index contributed by atoms with van der Waals surface area (Å²) in [4.78, 5) is 37.6. The lowest BCUT2D eigenvalue weighted by Gasteiger charge is -2.12. The third-order valence-corrected chi connectivity index (χ3v) is 6.69. The highest BCUT2D eigenvalue weighted by atomic mass is 32.2. The molecule has 6 nitrogen and oxygen atoms in total. The predicted octanol–water partition coefficient (Wildman–Crippen LogP) is 4.62. The molecule has 0 fully saturated rings. The molecular weight excluding hydrogens is 416 g/mol. The number of thiophene rings is 1. The Morgan fingerprint density at radius 2 is 2.03 bits per heavy atom. The maximum atomic E-state index is 12.7. The van der Waals surface area contributed by atoms with Gasteiger partial charge in [0, 0.05) is 17.1 Å². The number of rotatable bonds is 6. The van der Waals surface area contributed by atoms with E-state index in [1.165, 1.54) is 23.1 Å². The number of thioether (sulfide) groups is 1. The van der Waals surface area contributed by atoms with E-state index in [1.807, 2.05) is 61.7 Å². The zero-order valence-electron chi connectivity index (χ0n) is 16.5. The third-order valence-electron chi connectivity index (χ3n) is 4.67. The molecule has 3 heterocycles. The number of aromatic amines is 1. The van der Waals surface area contributed by atoms with Crippen molar-refractivity contribution in [2.45, 2.75) is 24.9 Å². The molecule has 2 N–H and O–H groups in total. The Balaban J connectivity index is 1.47. The molecule has 30 heavy (non-hydrogen) atoms. The van der Waals surface area contributed by atoms with Crippen LogP contribution in [-0.2, 0) is 10.5 Å². The Hall–Kier alpha value is -2.97. The average Bonchev–Trinajstić information content (AvgIpc) is 3.19. The number of nitrogens with zero attached hydrogens (tertiary/aromatic N) is 2. The van der Waals surface area contributed by atoms with Crippen molar-refractivity contribution in [3.8, 4) is 11.1 Å². The first kappa shape index (κ1) is 20.3. The van der Waals surface area contributed by atoms with E-state index >= 15 is 0 Å². The number of amides is 1. The molecule has 1 aromatic carbocycles. The zero-order chi connectivity index (χ0) is 21.1. The van der Waals surface area contributed by atoms with Gasteiger partial charge in [-0.1, -0.05) is 36.4 Å². The molecule has 0 spiro atoms. The van der Waals surface area contributed by atoms with Crippen molar-refractivity contribution >= 4 is 45.0 Å². The molecule has 0 aliphatic rings. The van der Waals surface area contributed by atoms with E-state index in [-0.39, 0.29) is 16.7 Å². The second-order valence-corrected chi connectivity index (χ2v) is 9.01. The number of carbonyl (C=O) groups excluding carboxylic acids is 1. The van der Waals surface area contributed by atoms with Gasteiger partial charge in [-0.15, -0.1) is 23.1 Å². The van der Waals surface area contributed by atoms with Crippen LogP contribution in [0.1, 0.15) is 18.3 Å². The molecule has 0 bridgehead atoms. The lowest BCUT2D eigenvalue weighted by Crippen LogP contribution is -2.24. The maximum Gasteiger partial charge on any atom is 0.260 e. The van der Waals surface area contributed by atoms with Crippen LogP contribution in [0, 0.1) is 6.92 Å². The smallest absolute Gasteiger partial charge is 0.260 e. The summed E-state index contributed by atoms with van der Waals surface area (Å²) in [5.41, 5.74) is 2.64. The molecular formula is C22H20N4O2S2. The number of fused-ring (bicyclic) bond motifs is 1. The van der Waals surface area contributed by atoms with E-state index in [9.17, 15) is 9.59 Å². The van der Waals surface area contributed by atoms with E-state index in [1.54, 1.807) is 6.20 Å². The van der Waals surface area contributed by atoms with Crippen LogP contribution < -0.4 is 10.9 Å². The molecule has 3 aromatic heterocycles. The molecule has 1 unspecified atom stereocenters.